The van der Waals surface area contributed by atoms with E-state index in [0.29, 0.717) is 12.1 Å². The van der Waals surface area contributed by atoms with Gasteiger partial charge in [0.05, 0.1) is 6.61 Å². The lowest BCUT2D eigenvalue weighted by molar-refractivity contribution is 0.0945. The van der Waals surface area contributed by atoms with Crippen LogP contribution in [0.2, 0.25) is 0 Å². The molecule has 1 aliphatic carbocycles. The first kappa shape index (κ1) is 15.8. The fourth-order valence-corrected chi connectivity index (χ4v) is 2.91. The van der Waals surface area contributed by atoms with E-state index in [1.165, 1.54) is 38.5 Å². The first-order chi connectivity index (χ1) is 10.3. The van der Waals surface area contributed by atoms with Crippen molar-refractivity contribution in [2.75, 3.05) is 25.0 Å². The van der Waals surface area contributed by atoms with Crippen LogP contribution in [0.15, 0.2) is 24.3 Å². The van der Waals surface area contributed by atoms with Crippen molar-refractivity contribution in [3.05, 3.63) is 29.8 Å². The van der Waals surface area contributed by atoms with Crippen molar-refractivity contribution in [3.8, 4) is 0 Å². The van der Waals surface area contributed by atoms with Crippen LogP contribution in [0, 0.1) is 5.92 Å². The Morgan fingerprint density at radius 2 is 1.81 bits per heavy atom. The summed E-state index contributed by atoms with van der Waals surface area (Å²) < 4.78 is 0. The molecule has 1 fully saturated rings. The SMILES string of the molecule is O=C(NCCO)c1ccc(NCCC2CCCCC2)cc1. The van der Waals surface area contributed by atoms with E-state index >= 15 is 0 Å². The fraction of sp³-hybridized carbons (Fsp3) is 0.588. The molecule has 0 bridgehead atoms. The summed E-state index contributed by atoms with van der Waals surface area (Å²) >= 11 is 0. The van der Waals surface area contributed by atoms with E-state index in [-0.39, 0.29) is 12.5 Å². The second-order valence-electron chi connectivity index (χ2n) is 5.78. The zero-order valence-corrected chi connectivity index (χ0v) is 12.6. The van der Waals surface area contributed by atoms with Crippen LogP contribution >= 0.6 is 0 Å². The highest BCUT2D eigenvalue weighted by atomic mass is 16.3. The van der Waals surface area contributed by atoms with Crippen LogP contribution in [0.25, 0.3) is 0 Å². The lowest BCUT2D eigenvalue weighted by atomic mass is 9.87. The number of anilines is 1. The van der Waals surface area contributed by atoms with Crippen molar-refractivity contribution in [2.45, 2.75) is 38.5 Å². The number of carbonyl (C=O) groups excluding carboxylic acids is 1. The minimum absolute atomic E-state index is 0.0352. The molecule has 3 N–H and O–H groups in total. The Bertz CT molecular complexity index is 425. The van der Waals surface area contributed by atoms with Crippen LogP contribution in [-0.2, 0) is 0 Å². The number of hydrogen-bond acceptors (Lipinski definition) is 3. The van der Waals surface area contributed by atoms with E-state index < -0.39 is 0 Å². The molecular formula is C17H26N2O2. The van der Waals surface area contributed by atoms with E-state index in [1.54, 1.807) is 0 Å². The number of benzene rings is 1. The Hall–Kier alpha value is -1.55. The highest BCUT2D eigenvalue weighted by Gasteiger charge is 2.12. The van der Waals surface area contributed by atoms with Gasteiger partial charge < -0.3 is 15.7 Å². The van der Waals surface area contributed by atoms with Crippen molar-refractivity contribution in [2.24, 2.45) is 5.92 Å². The normalized spacial score (nSPS) is 15.7. The topological polar surface area (TPSA) is 61.4 Å². The Balaban J connectivity index is 1.72. The zero-order valence-electron chi connectivity index (χ0n) is 12.6. The van der Waals surface area contributed by atoms with Gasteiger partial charge in [0.15, 0.2) is 0 Å². The van der Waals surface area contributed by atoms with Crippen LogP contribution in [0.3, 0.4) is 0 Å². The number of nitrogens with one attached hydrogen (secondary N) is 2. The summed E-state index contributed by atoms with van der Waals surface area (Å²) in [4.78, 5) is 11.7. The largest absolute Gasteiger partial charge is 0.395 e. The maximum Gasteiger partial charge on any atom is 0.251 e. The molecule has 0 radical (unpaired) electrons. The predicted octanol–water partition coefficient (Wildman–Crippen LogP) is 2.79. The number of hydrogen-bond donors (Lipinski definition) is 3. The minimum Gasteiger partial charge on any atom is -0.395 e. The molecule has 1 amide bonds. The molecule has 21 heavy (non-hydrogen) atoms. The van der Waals surface area contributed by atoms with Gasteiger partial charge in [-0.25, -0.2) is 0 Å². The standard InChI is InChI=1S/C17H26N2O2/c20-13-12-19-17(21)15-6-8-16(9-7-15)18-11-10-14-4-2-1-3-5-14/h6-9,14,18,20H,1-5,10-13H2,(H,19,21). The third-order valence-corrected chi connectivity index (χ3v) is 4.15. The molecule has 0 saturated heterocycles. The van der Waals surface area contributed by atoms with Crippen molar-refractivity contribution >= 4 is 11.6 Å². The van der Waals surface area contributed by atoms with Gasteiger partial charge in [-0.05, 0) is 36.6 Å². The molecular weight excluding hydrogens is 264 g/mol. The van der Waals surface area contributed by atoms with E-state index in [4.69, 9.17) is 5.11 Å². The lowest BCUT2D eigenvalue weighted by Crippen LogP contribution is -2.26. The van der Waals surface area contributed by atoms with Gasteiger partial charge in [-0.15, -0.1) is 0 Å². The molecule has 0 atom stereocenters. The lowest BCUT2D eigenvalue weighted by Gasteiger charge is -2.21. The molecule has 2 rings (SSSR count). The Morgan fingerprint density at radius 1 is 1.10 bits per heavy atom. The Labute approximate surface area is 126 Å². The molecule has 0 aliphatic heterocycles. The first-order valence-electron chi connectivity index (χ1n) is 8.02. The minimum atomic E-state index is -0.141. The second-order valence-corrected chi connectivity index (χ2v) is 5.78. The van der Waals surface area contributed by atoms with Gasteiger partial charge in [-0.1, -0.05) is 32.1 Å². The number of amides is 1. The quantitative estimate of drug-likeness (QED) is 0.723. The van der Waals surface area contributed by atoms with Crippen LogP contribution in [0.1, 0.15) is 48.9 Å². The average molecular weight is 290 g/mol. The average Bonchev–Trinajstić information content (AvgIpc) is 2.54. The third kappa shape index (κ3) is 5.38. The molecule has 4 nitrogen and oxygen atoms in total. The van der Waals surface area contributed by atoms with E-state index in [1.807, 2.05) is 24.3 Å². The first-order valence-corrected chi connectivity index (χ1v) is 8.02. The van der Waals surface area contributed by atoms with Gasteiger partial charge in [0.1, 0.15) is 0 Å². The van der Waals surface area contributed by atoms with Crippen molar-refractivity contribution < 1.29 is 9.90 Å². The van der Waals surface area contributed by atoms with Crippen molar-refractivity contribution in [1.29, 1.82) is 0 Å². The molecule has 0 unspecified atom stereocenters. The van der Waals surface area contributed by atoms with Gasteiger partial charge >= 0.3 is 0 Å². The summed E-state index contributed by atoms with van der Waals surface area (Å²) in [5.74, 6) is 0.743. The smallest absolute Gasteiger partial charge is 0.251 e. The molecule has 4 heteroatoms. The van der Waals surface area contributed by atoms with Gasteiger partial charge in [0, 0.05) is 24.3 Å². The third-order valence-electron chi connectivity index (χ3n) is 4.15. The zero-order chi connectivity index (χ0) is 14.9. The molecule has 116 valence electrons. The highest BCUT2D eigenvalue weighted by Crippen LogP contribution is 2.26. The summed E-state index contributed by atoms with van der Waals surface area (Å²) in [7, 11) is 0. The van der Waals surface area contributed by atoms with Gasteiger partial charge in [-0.2, -0.15) is 0 Å². The van der Waals surface area contributed by atoms with Gasteiger partial charge in [0.2, 0.25) is 0 Å². The Kier molecular flexibility index (Phi) is 6.54. The van der Waals surface area contributed by atoms with Gasteiger partial charge in [-0.3, -0.25) is 4.79 Å². The molecule has 1 aromatic rings. The number of aliphatic hydroxyl groups excluding tert-OH is 1. The van der Waals surface area contributed by atoms with Crippen LogP contribution < -0.4 is 10.6 Å². The highest BCUT2D eigenvalue weighted by molar-refractivity contribution is 5.94. The maximum atomic E-state index is 11.7. The summed E-state index contributed by atoms with van der Waals surface area (Å²) in [6.45, 7) is 1.26. The molecule has 1 aliphatic rings. The number of aliphatic hydroxyl groups is 1. The summed E-state index contributed by atoms with van der Waals surface area (Å²) in [5.41, 5.74) is 1.69. The van der Waals surface area contributed by atoms with Crippen molar-refractivity contribution in [1.82, 2.24) is 5.32 Å². The van der Waals surface area contributed by atoms with E-state index in [0.717, 1.165) is 18.2 Å². The van der Waals surface area contributed by atoms with Crippen LogP contribution in [-0.4, -0.2) is 30.7 Å². The molecule has 0 heterocycles. The fourth-order valence-electron chi connectivity index (χ4n) is 2.91. The summed E-state index contributed by atoms with van der Waals surface area (Å²) in [6, 6.07) is 7.51. The monoisotopic (exact) mass is 290 g/mol. The maximum absolute atomic E-state index is 11.7. The predicted molar refractivity (Wildman–Crippen MR) is 85.5 cm³/mol. The van der Waals surface area contributed by atoms with E-state index in [2.05, 4.69) is 10.6 Å². The van der Waals surface area contributed by atoms with Crippen LogP contribution in [0.4, 0.5) is 5.69 Å². The van der Waals surface area contributed by atoms with Crippen molar-refractivity contribution in [3.63, 3.8) is 0 Å². The van der Waals surface area contributed by atoms with Crippen LogP contribution in [0.5, 0.6) is 0 Å². The Morgan fingerprint density at radius 3 is 2.48 bits per heavy atom. The molecule has 1 saturated carbocycles. The summed E-state index contributed by atoms with van der Waals surface area (Å²) in [5, 5.41) is 14.8. The van der Waals surface area contributed by atoms with E-state index in [9.17, 15) is 4.79 Å². The molecule has 0 spiro atoms. The number of carbonyl (C=O) groups is 1. The molecule has 1 aromatic carbocycles. The molecule has 0 aromatic heterocycles. The number of rotatable bonds is 7. The van der Waals surface area contributed by atoms with Gasteiger partial charge in [0.25, 0.3) is 5.91 Å². The second kappa shape index (κ2) is 8.67. The summed E-state index contributed by atoms with van der Waals surface area (Å²) in [6.07, 6.45) is 8.18.